The van der Waals surface area contributed by atoms with Crippen LogP contribution in [-0.2, 0) is 11.3 Å². The van der Waals surface area contributed by atoms with Crippen LogP contribution in [0.25, 0.3) is 16.5 Å². The van der Waals surface area contributed by atoms with E-state index in [9.17, 15) is 9.59 Å². The molecule has 39 heavy (non-hydrogen) atoms. The number of hydrogen-bond acceptors (Lipinski definition) is 9. The Hall–Kier alpha value is -3.45. The van der Waals surface area contributed by atoms with E-state index in [1.807, 2.05) is 55.5 Å². The summed E-state index contributed by atoms with van der Waals surface area (Å²) in [6.07, 6.45) is 0. The van der Waals surface area contributed by atoms with Crippen molar-refractivity contribution in [3.05, 3.63) is 83.1 Å². The number of benzene rings is 3. The molecule has 0 aliphatic carbocycles. The van der Waals surface area contributed by atoms with Crippen LogP contribution in [0, 0.1) is 0 Å². The molecule has 0 aliphatic heterocycles. The maximum Gasteiger partial charge on any atom is 0.252 e. The summed E-state index contributed by atoms with van der Waals surface area (Å²) in [6, 6.07) is 20.6. The quantitative estimate of drug-likeness (QED) is 0.156. The normalized spacial score (nSPS) is 11.0. The molecule has 3 aromatic carbocycles. The van der Waals surface area contributed by atoms with Gasteiger partial charge in [-0.05, 0) is 40.8 Å². The molecule has 9 nitrogen and oxygen atoms in total. The average molecular weight is 596 g/mol. The first kappa shape index (κ1) is 27.1. The second-order valence-electron chi connectivity index (χ2n) is 8.07. The predicted octanol–water partition coefficient (Wildman–Crippen LogP) is 5.70. The first-order valence-corrected chi connectivity index (χ1v) is 15.0. The van der Waals surface area contributed by atoms with E-state index in [2.05, 4.69) is 31.0 Å². The Morgan fingerprint density at radius 1 is 0.974 bits per heavy atom. The number of hydrogen-bond donors (Lipinski definition) is 2. The van der Waals surface area contributed by atoms with E-state index in [0.717, 1.165) is 26.6 Å². The molecule has 2 amide bonds. The molecule has 2 heterocycles. The summed E-state index contributed by atoms with van der Waals surface area (Å²) in [5.41, 5.74) is 1.29. The van der Waals surface area contributed by atoms with Crippen LogP contribution in [0.1, 0.15) is 23.1 Å². The summed E-state index contributed by atoms with van der Waals surface area (Å²) < 4.78 is 2.59. The lowest BCUT2D eigenvalue weighted by Crippen LogP contribution is -2.25. The van der Waals surface area contributed by atoms with E-state index in [1.54, 1.807) is 34.5 Å². The second-order valence-corrected chi connectivity index (χ2v) is 11.9. The maximum absolute atomic E-state index is 13.1. The van der Waals surface area contributed by atoms with E-state index < -0.39 is 0 Å². The Kier molecular flexibility index (Phi) is 8.77. The summed E-state index contributed by atoms with van der Waals surface area (Å²) in [6.45, 7) is 2.15. The van der Waals surface area contributed by atoms with Crippen LogP contribution >= 0.6 is 46.5 Å². The van der Waals surface area contributed by atoms with Crippen molar-refractivity contribution in [3.63, 3.8) is 0 Å². The van der Waals surface area contributed by atoms with Gasteiger partial charge in [0.25, 0.3) is 5.91 Å². The topological polar surface area (TPSA) is 115 Å². The van der Waals surface area contributed by atoms with Crippen LogP contribution in [-0.4, -0.2) is 48.3 Å². The first-order valence-electron chi connectivity index (χ1n) is 11.9. The SMILES string of the molecule is CCSc1nnc(NC(=O)CSc2nnc(CNC(=O)c3cccc4ccccc34)n2-c2cccc(Cl)c2)s1. The Morgan fingerprint density at radius 3 is 2.64 bits per heavy atom. The third-order valence-electron chi connectivity index (χ3n) is 5.46. The Labute approximate surface area is 241 Å². The highest BCUT2D eigenvalue weighted by Crippen LogP contribution is 2.27. The van der Waals surface area contributed by atoms with Gasteiger partial charge in [0, 0.05) is 10.6 Å². The zero-order chi connectivity index (χ0) is 27.2. The van der Waals surface area contributed by atoms with Gasteiger partial charge in [0.05, 0.1) is 18.0 Å². The van der Waals surface area contributed by atoms with Crippen molar-refractivity contribution in [1.82, 2.24) is 30.3 Å². The van der Waals surface area contributed by atoms with E-state index in [1.165, 1.54) is 23.1 Å². The molecule has 0 saturated carbocycles. The van der Waals surface area contributed by atoms with Crippen molar-refractivity contribution in [2.24, 2.45) is 0 Å². The van der Waals surface area contributed by atoms with Crippen molar-refractivity contribution in [3.8, 4) is 5.69 Å². The zero-order valence-corrected chi connectivity index (χ0v) is 23.8. The van der Waals surface area contributed by atoms with Gasteiger partial charge < -0.3 is 5.32 Å². The highest BCUT2D eigenvalue weighted by atomic mass is 35.5. The molecule has 2 N–H and O–H groups in total. The molecule has 0 fully saturated rings. The van der Waals surface area contributed by atoms with E-state index in [-0.39, 0.29) is 24.1 Å². The van der Waals surface area contributed by atoms with E-state index >= 15 is 0 Å². The number of fused-ring (bicyclic) bond motifs is 1. The second kappa shape index (κ2) is 12.6. The van der Waals surface area contributed by atoms with Gasteiger partial charge in [0.2, 0.25) is 11.0 Å². The number of aromatic nitrogens is 5. The number of carbonyl (C=O) groups excluding carboxylic acids is 2. The summed E-state index contributed by atoms with van der Waals surface area (Å²) in [7, 11) is 0. The lowest BCUT2D eigenvalue weighted by molar-refractivity contribution is -0.113. The fraction of sp³-hybridized carbons (Fsp3) is 0.154. The predicted molar refractivity (Wildman–Crippen MR) is 157 cm³/mol. The largest absolute Gasteiger partial charge is 0.345 e. The van der Waals surface area contributed by atoms with Crippen molar-refractivity contribution < 1.29 is 9.59 Å². The van der Waals surface area contributed by atoms with Crippen molar-refractivity contribution in [2.75, 3.05) is 16.8 Å². The molecule has 5 aromatic rings. The van der Waals surface area contributed by atoms with Crippen LogP contribution in [0.2, 0.25) is 5.02 Å². The minimum absolute atomic E-state index is 0.0803. The lowest BCUT2D eigenvalue weighted by Gasteiger charge is -2.12. The minimum atomic E-state index is -0.240. The van der Waals surface area contributed by atoms with E-state index in [4.69, 9.17) is 11.6 Å². The third-order valence-corrected chi connectivity index (χ3v) is 8.48. The number of thioether (sulfide) groups is 2. The van der Waals surface area contributed by atoms with Gasteiger partial charge in [-0.2, -0.15) is 0 Å². The number of carbonyl (C=O) groups is 2. The van der Waals surface area contributed by atoms with Crippen LogP contribution in [0.4, 0.5) is 5.13 Å². The number of amides is 2. The monoisotopic (exact) mass is 595 g/mol. The summed E-state index contributed by atoms with van der Waals surface area (Å²) in [4.78, 5) is 25.7. The van der Waals surface area contributed by atoms with Crippen LogP contribution < -0.4 is 10.6 Å². The van der Waals surface area contributed by atoms with Gasteiger partial charge in [-0.15, -0.1) is 20.4 Å². The number of rotatable bonds is 10. The highest BCUT2D eigenvalue weighted by molar-refractivity contribution is 8.01. The van der Waals surface area contributed by atoms with Crippen molar-refractivity contribution in [2.45, 2.75) is 23.0 Å². The van der Waals surface area contributed by atoms with Gasteiger partial charge >= 0.3 is 0 Å². The summed E-state index contributed by atoms with van der Waals surface area (Å²) in [5, 5.41) is 25.7. The molecule has 0 spiro atoms. The molecule has 0 unspecified atom stereocenters. The molecule has 13 heteroatoms. The Bertz CT molecular complexity index is 1630. The smallest absolute Gasteiger partial charge is 0.252 e. The van der Waals surface area contributed by atoms with Crippen LogP contribution in [0.3, 0.4) is 0 Å². The van der Waals surface area contributed by atoms with Gasteiger partial charge in [-0.3, -0.25) is 19.5 Å². The Balaban J connectivity index is 1.32. The number of nitrogens with zero attached hydrogens (tertiary/aromatic N) is 5. The van der Waals surface area contributed by atoms with Crippen molar-refractivity contribution >= 4 is 74.2 Å². The molecule has 0 atom stereocenters. The van der Waals surface area contributed by atoms with Crippen LogP contribution in [0.5, 0.6) is 0 Å². The molecule has 2 aromatic heterocycles. The van der Waals surface area contributed by atoms with Gasteiger partial charge in [0.15, 0.2) is 15.3 Å². The third kappa shape index (κ3) is 6.59. The van der Waals surface area contributed by atoms with Crippen LogP contribution in [0.15, 0.2) is 76.2 Å². The van der Waals surface area contributed by atoms with Gasteiger partial charge in [-0.25, -0.2) is 0 Å². The summed E-state index contributed by atoms with van der Waals surface area (Å²) >= 11 is 10.4. The molecular weight excluding hydrogens is 574 g/mol. The lowest BCUT2D eigenvalue weighted by atomic mass is 10.0. The molecule has 0 bridgehead atoms. The molecule has 0 radical (unpaired) electrons. The molecule has 0 saturated heterocycles. The van der Waals surface area contributed by atoms with Crippen molar-refractivity contribution in [1.29, 1.82) is 0 Å². The molecule has 0 aliphatic rings. The van der Waals surface area contributed by atoms with Gasteiger partial charge in [-0.1, -0.05) is 95.8 Å². The molecular formula is C26H22ClN7O2S3. The number of anilines is 1. The zero-order valence-electron chi connectivity index (χ0n) is 20.6. The fourth-order valence-corrected chi connectivity index (χ4v) is 6.41. The number of halogens is 1. The summed E-state index contributed by atoms with van der Waals surface area (Å²) in [5.74, 6) is 0.993. The number of nitrogens with one attached hydrogen (secondary N) is 2. The first-order chi connectivity index (χ1) is 19.0. The van der Waals surface area contributed by atoms with Gasteiger partial charge in [0.1, 0.15) is 0 Å². The Morgan fingerprint density at radius 2 is 1.79 bits per heavy atom. The molecule has 198 valence electrons. The molecule has 5 rings (SSSR count). The van der Waals surface area contributed by atoms with E-state index in [0.29, 0.717) is 26.7 Å². The minimum Gasteiger partial charge on any atom is -0.345 e. The average Bonchev–Trinajstić information content (AvgIpc) is 3.56. The maximum atomic E-state index is 13.1. The fourth-order valence-electron chi connectivity index (χ4n) is 3.79. The standard InChI is InChI=1S/C26H22ClN7O2S3/c1-2-37-26-33-31-24(39-26)29-22(35)15-38-25-32-30-21(34(25)18-10-6-9-17(27)13-18)14-28-23(36)20-12-5-8-16-7-3-4-11-19(16)20/h3-13H,2,14-15H2,1H3,(H,28,36)(H,29,31,35). The highest BCUT2D eigenvalue weighted by Gasteiger charge is 2.18.